The van der Waals surface area contributed by atoms with Gasteiger partial charge < -0.3 is 14.8 Å². The second-order valence-corrected chi connectivity index (χ2v) is 10.6. The zero-order valence-corrected chi connectivity index (χ0v) is 25.1. The zero-order valence-electron chi connectivity index (χ0n) is 25.1. The van der Waals surface area contributed by atoms with Crippen molar-refractivity contribution in [1.82, 2.24) is 20.1 Å². The number of nitrogens with zero attached hydrogens (tertiary/aromatic N) is 4. The molecule has 1 aromatic carbocycles. The number of carbonyl (C=O) groups excluding carboxylic acids is 1. The molecule has 0 saturated carbocycles. The predicted octanol–water partition coefficient (Wildman–Crippen LogP) is 6.76. The largest absolute Gasteiger partial charge is 0.481 e. The van der Waals surface area contributed by atoms with Crippen molar-refractivity contribution < 1.29 is 45.1 Å². The second-order valence-electron chi connectivity index (χ2n) is 10.6. The van der Waals surface area contributed by atoms with Crippen LogP contribution in [0.2, 0.25) is 0 Å². The van der Waals surface area contributed by atoms with Gasteiger partial charge in [0.2, 0.25) is 5.88 Å². The number of H-pyrrole nitrogens is 1. The highest BCUT2D eigenvalue weighted by Gasteiger charge is 2.39. The number of anilines is 2. The molecule has 4 aromatic rings. The maximum absolute atomic E-state index is 13.7. The Balaban J connectivity index is 1.62. The van der Waals surface area contributed by atoms with Crippen molar-refractivity contribution in [1.29, 1.82) is 0 Å². The first-order chi connectivity index (χ1) is 22.2. The van der Waals surface area contributed by atoms with E-state index >= 15 is 0 Å². The molecule has 0 spiro atoms. The molecule has 17 heteroatoms. The zero-order chi connectivity index (χ0) is 34.1. The monoisotopic (exact) mass is 666 g/mol. The number of alkyl halides is 6. The number of hydrogen-bond acceptors (Lipinski definition) is 9. The molecule has 0 aliphatic carbocycles. The van der Waals surface area contributed by atoms with Crippen LogP contribution < -0.4 is 20.7 Å². The molecule has 5 rings (SSSR count). The molecule has 11 nitrogen and oxygen atoms in total. The van der Waals surface area contributed by atoms with Gasteiger partial charge in [0.15, 0.2) is 5.82 Å². The summed E-state index contributed by atoms with van der Waals surface area (Å²) < 4.78 is 97.1. The molecule has 47 heavy (non-hydrogen) atoms. The van der Waals surface area contributed by atoms with E-state index in [2.05, 4.69) is 29.9 Å². The van der Waals surface area contributed by atoms with Crippen molar-refractivity contribution in [2.24, 2.45) is 0 Å². The third-order valence-corrected chi connectivity index (χ3v) is 7.52. The van der Waals surface area contributed by atoms with E-state index in [9.17, 15) is 35.9 Å². The van der Waals surface area contributed by atoms with Gasteiger partial charge in [-0.25, -0.2) is 19.6 Å². The molecule has 0 unspecified atom stereocenters. The Morgan fingerprint density at radius 1 is 1.09 bits per heavy atom. The quantitative estimate of drug-likeness (QED) is 0.196. The van der Waals surface area contributed by atoms with Crippen LogP contribution in [0.25, 0.3) is 11.4 Å². The fraction of sp³-hybridized carbons (Fsp3) is 0.367. The van der Waals surface area contributed by atoms with Crippen LogP contribution >= 0.6 is 0 Å². The Morgan fingerprint density at radius 3 is 2.36 bits per heavy atom. The molecule has 3 aromatic heterocycles. The van der Waals surface area contributed by atoms with Gasteiger partial charge in [0.05, 0.1) is 42.3 Å². The third-order valence-electron chi connectivity index (χ3n) is 7.52. The summed E-state index contributed by atoms with van der Waals surface area (Å²) in [6, 6.07) is 4.93. The minimum atomic E-state index is -5.05. The number of aromatic nitrogens is 4. The molecule has 1 aliphatic rings. The fourth-order valence-electron chi connectivity index (χ4n) is 5.39. The van der Waals surface area contributed by atoms with Crippen molar-refractivity contribution in [3.8, 4) is 17.3 Å². The van der Waals surface area contributed by atoms with Gasteiger partial charge >= 0.3 is 24.2 Å². The van der Waals surface area contributed by atoms with Crippen LogP contribution in [-0.4, -0.2) is 46.0 Å². The van der Waals surface area contributed by atoms with Gasteiger partial charge in [0.25, 0.3) is 0 Å². The SMILES string of the molecule is CCOC(=O)N1c2ccc(OC)nc2[C@@H](Nc2ncc(-c3noc(=O)[nH]3)cc2Cc2cc(C(F)(F)F)cc(C(F)(F)F)c2)C[C@H]1CC. The van der Waals surface area contributed by atoms with Crippen molar-refractivity contribution in [3.63, 3.8) is 0 Å². The van der Waals surface area contributed by atoms with Gasteiger partial charge in [-0.3, -0.25) is 14.4 Å². The summed E-state index contributed by atoms with van der Waals surface area (Å²) in [5.41, 5.74) is -2.09. The summed E-state index contributed by atoms with van der Waals surface area (Å²) in [5, 5.41) is 6.85. The van der Waals surface area contributed by atoms with E-state index in [1.165, 1.54) is 24.3 Å². The minimum absolute atomic E-state index is 0.0513. The van der Waals surface area contributed by atoms with Crippen LogP contribution in [0.1, 0.15) is 60.7 Å². The number of aromatic amines is 1. The number of ether oxygens (including phenoxy) is 2. The average molecular weight is 667 g/mol. The molecule has 0 radical (unpaired) electrons. The highest BCUT2D eigenvalue weighted by atomic mass is 19.4. The molecule has 0 saturated heterocycles. The molecule has 1 amide bonds. The second kappa shape index (κ2) is 13.0. The first-order valence-corrected chi connectivity index (χ1v) is 14.3. The van der Waals surface area contributed by atoms with Crippen LogP contribution in [-0.2, 0) is 23.5 Å². The van der Waals surface area contributed by atoms with Crippen molar-refractivity contribution in [2.75, 3.05) is 23.9 Å². The average Bonchev–Trinajstić information content (AvgIpc) is 3.46. The number of amides is 1. The summed E-state index contributed by atoms with van der Waals surface area (Å²) in [4.78, 5) is 37.4. The Hall–Kier alpha value is -5.09. The van der Waals surface area contributed by atoms with Gasteiger partial charge in [-0.2, -0.15) is 26.3 Å². The summed E-state index contributed by atoms with van der Waals surface area (Å²) in [7, 11) is 1.41. The highest BCUT2D eigenvalue weighted by molar-refractivity contribution is 5.90. The number of methoxy groups -OCH3 is 1. The van der Waals surface area contributed by atoms with Gasteiger partial charge in [0.1, 0.15) is 5.82 Å². The van der Waals surface area contributed by atoms with E-state index in [1.54, 1.807) is 19.1 Å². The fourth-order valence-corrected chi connectivity index (χ4v) is 5.39. The van der Waals surface area contributed by atoms with Crippen molar-refractivity contribution in [3.05, 3.63) is 81.1 Å². The molecule has 2 N–H and O–H groups in total. The lowest BCUT2D eigenvalue weighted by Gasteiger charge is -2.39. The standard InChI is InChI=1S/C30H28F6N6O5/c1-4-20-13-21(24-22(6-7-23(39-24)45-3)42(20)28(44)46-5-2)38-25-16(11-17(14-37-25)26-40-27(43)47-41-26)8-15-9-18(29(31,32)33)12-19(10-15)30(34,35)36/h6-7,9-12,14,20-21H,4-5,8,13H2,1-3H3,(H,37,38)(H,40,41,43)/t20-,21+/m1/s1. The van der Waals surface area contributed by atoms with E-state index < -0.39 is 47.8 Å². The number of halogens is 6. The number of hydrogen-bond donors (Lipinski definition) is 2. The summed E-state index contributed by atoms with van der Waals surface area (Å²) in [6.45, 7) is 3.68. The topological polar surface area (TPSA) is 135 Å². The number of pyridine rings is 2. The Bertz CT molecular complexity index is 1790. The number of fused-ring (bicyclic) bond motifs is 1. The van der Waals surface area contributed by atoms with Crippen LogP contribution in [0.5, 0.6) is 5.88 Å². The summed E-state index contributed by atoms with van der Waals surface area (Å²) >= 11 is 0. The molecular formula is C30H28F6N6O5. The van der Waals surface area contributed by atoms with E-state index in [-0.39, 0.29) is 59.3 Å². The summed E-state index contributed by atoms with van der Waals surface area (Å²) in [5.74, 6) is -0.602. The smallest absolute Gasteiger partial charge is 0.439 e. The Labute approximate surface area is 262 Å². The van der Waals surface area contributed by atoms with Crippen LogP contribution in [0.15, 0.2) is 51.9 Å². The lowest BCUT2D eigenvalue weighted by molar-refractivity contribution is -0.143. The molecular weight excluding hydrogens is 638 g/mol. The van der Waals surface area contributed by atoms with Crippen molar-refractivity contribution in [2.45, 2.75) is 57.5 Å². The Kier molecular flexibility index (Phi) is 9.18. The van der Waals surface area contributed by atoms with Gasteiger partial charge in [0, 0.05) is 30.3 Å². The molecule has 2 atom stereocenters. The minimum Gasteiger partial charge on any atom is -0.481 e. The maximum Gasteiger partial charge on any atom is 0.439 e. The highest BCUT2D eigenvalue weighted by Crippen LogP contribution is 2.42. The normalized spacial score (nSPS) is 16.5. The summed E-state index contributed by atoms with van der Waals surface area (Å²) in [6.07, 6.45) is -9.02. The van der Waals surface area contributed by atoms with Gasteiger partial charge in [-0.15, -0.1) is 0 Å². The van der Waals surface area contributed by atoms with E-state index in [0.29, 0.717) is 29.9 Å². The van der Waals surface area contributed by atoms with Gasteiger partial charge in [-0.1, -0.05) is 12.1 Å². The van der Waals surface area contributed by atoms with E-state index in [0.717, 1.165) is 0 Å². The van der Waals surface area contributed by atoms with Crippen LogP contribution in [0.4, 0.5) is 42.6 Å². The lowest BCUT2D eigenvalue weighted by Crippen LogP contribution is -2.46. The Morgan fingerprint density at radius 2 is 1.79 bits per heavy atom. The predicted molar refractivity (Wildman–Crippen MR) is 155 cm³/mol. The number of rotatable bonds is 8. The van der Waals surface area contributed by atoms with Crippen molar-refractivity contribution >= 4 is 17.6 Å². The van der Waals surface area contributed by atoms with E-state index in [4.69, 9.17) is 9.47 Å². The molecule has 0 bridgehead atoms. The molecule has 4 heterocycles. The first kappa shape index (κ1) is 33.3. The third kappa shape index (κ3) is 7.18. The number of nitrogens with one attached hydrogen (secondary N) is 2. The lowest BCUT2D eigenvalue weighted by atomic mass is 9.93. The number of benzene rings is 1. The van der Waals surface area contributed by atoms with Crippen LogP contribution in [0.3, 0.4) is 0 Å². The van der Waals surface area contributed by atoms with Crippen LogP contribution in [0, 0.1) is 0 Å². The van der Waals surface area contributed by atoms with Gasteiger partial charge in [-0.05, 0) is 61.2 Å². The van der Waals surface area contributed by atoms with E-state index in [1.807, 2.05) is 6.92 Å². The maximum atomic E-state index is 13.7. The molecule has 250 valence electrons. The molecule has 1 aliphatic heterocycles. The molecule has 0 fully saturated rings. The number of carbonyl (C=O) groups is 1. The first-order valence-electron chi connectivity index (χ1n) is 14.3.